The summed E-state index contributed by atoms with van der Waals surface area (Å²) in [6, 6.07) is 4.58. The second kappa shape index (κ2) is 6.15. The Labute approximate surface area is 100 Å². The van der Waals surface area contributed by atoms with Crippen LogP contribution in [0.25, 0.3) is 0 Å². The normalized spacial score (nSPS) is 10.2. The SMILES string of the molecule is CCCC(=O)c1ccc(COC)c(C(=O)[O-])c1. The Kier molecular flexibility index (Phi) is 4.84. The zero-order valence-electron chi connectivity index (χ0n) is 9.99. The van der Waals surface area contributed by atoms with Gasteiger partial charge in [-0.15, -0.1) is 0 Å². The molecule has 0 aliphatic heterocycles. The second-order valence-corrected chi connectivity index (χ2v) is 3.77. The number of carboxylic acid groups (broad SMARTS) is 1. The van der Waals surface area contributed by atoms with Gasteiger partial charge in [0.2, 0.25) is 0 Å². The maximum Gasteiger partial charge on any atom is 0.162 e. The first kappa shape index (κ1) is 13.4. The van der Waals surface area contributed by atoms with Crippen LogP contribution in [0, 0.1) is 0 Å². The van der Waals surface area contributed by atoms with E-state index < -0.39 is 5.97 Å². The van der Waals surface area contributed by atoms with Crippen molar-refractivity contribution in [3.05, 3.63) is 34.9 Å². The summed E-state index contributed by atoms with van der Waals surface area (Å²) in [7, 11) is 1.48. The fourth-order valence-electron chi connectivity index (χ4n) is 1.59. The Morgan fingerprint density at radius 3 is 2.59 bits per heavy atom. The molecule has 0 bridgehead atoms. The van der Waals surface area contributed by atoms with E-state index in [9.17, 15) is 14.7 Å². The number of carbonyl (C=O) groups is 2. The van der Waals surface area contributed by atoms with Gasteiger partial charge in [-0.2, -0.15) is 0 Å². The Balaban J connectivity index is 3.09. The highest BCUT2D eigenvalue weighted by Crippen LogP contribution is 2.14. The van der Waals surface area contributed by atoms with Crippen LogP contribution in [0.5, 0.6) is 0 Å². The third-order valence-corrected chi connectivity index (χ3v) is 2.43. The molecule has 1 rings (SSSR count). The fraction of sp³-hybridized carbons (Fsp3) is 0.385. The molecule has 4 heteroatoms. The number of rotatable bonds is 6. The van der Waals surface area contributed by atoms with Gasteiger partial charge in [-0.05, 0) is 18.1 Å². The minimum atomic E-state index is -1.29. The van der Waals surface area contributed by atoms with E-state index in [1.54, 1.807) is 12.1 Å². The van der Waals surface area contributed by atoms with Crippen LogP contribution < -0.4 is 5.11 Å². The molecule has 0 radical (unpaired) electrons. The van der Waals surface area contributed by atoms with Crippen LogP contribution in [0.15, 0.2) is 18.2 Å². The highest BCUT2D eigenvalue weighted by atomic mass is 16.5. The number of hydrogen-bond donors (Lipinski definition) is 0. The van der Waals surface area contributed by atoms with Gasteiger partial charge in [-0.1, -0.05) is 19.1 Å². The Hall–Kier alpha value is -1.68. The van der Waals surface area contributed by atoms with Gasteiger partial charge in [0.15, 0.2) is 5.78 Å². The van der Waals surface area contributed by atoms with Crippen molar-refractivity contribution in [1.82, 2.24) is 0 Å². The largest absolute Gasteiger partial charge is 0.545 e. The van der Waals surface area contributed by atoms with E-state index in [0.717, 1.165) is 6.42 Å². The topological polar surface area (TPSA) is 66.4 Å². The number of Topliss-reactive ketones (excluding diaryl/α,β-unsaturated/α-hetero) is 1. The first-order valence-electron chi connectivity index (χ1n) is 5.46. The number of aromatic carboxylic acids is 1. The lowest BCUT2D eigenvalue weighted by atomic mass is 10.00. The third kappa shape index (κ3) is 3.39. The van der Waals surface area contributed by atoms with Gasteiger partial charge < -0.3 is 14.6 Å². The summed E-state index contributed by atoms with van der Waals surface area (Å²) in [5.41, 5.74) is 0.945. The number of methoxy groups -OCH3 is 1. The molecule has 0 spiro atoms. The van der Waals surface area contributed by atoms with E-state index in [-0.39, 0.29) is 18.0 Å². The molecular weight excluding hydrogens is 220 g/mol. The van der Waals surface area contributed by atoms with Crippen molar-refractivity contribution in [1.29, 1.82) is 0 Å². The van der Waals surface area contributed by atoms with Crippen LogP contribution >= 0.6 is 0 Å². The van der Waals surface area contributed by atoms with Gasteiger partial charge >= 0.3 is 0 Å². The average Bonchev–Trinajstić information content (AvgIpc) is 2.30. The lowest BCUT2D eigenvalue weighted by Gasteiger charge is -2.11. The monoisotopic (exact) mass is 235 g/mol. The fourth-order valence-corrected chi connectivity index (χ4v) is 1.59. The smallest absolute Gasteiger partial charge is 0.162 e. The summed E-state index contributed by atoms with van der Waals surface area (Å²) in [6.45, 7) is 2.09. The standard InChI is InChI=1S/C13H16O4/c1-3-4-12(14)9-5-6-10(8-17-2)11(7-9)13(15)16/h5-7H,3-4,8H2,1-2H3,(H,15,16)/p-1. The van der Waals surface area contributed by atoms with Crippen molar-refractivity contribution >= 4 is 11.8 Å². The third-order valence-electron chi connectivity index (χ3n) is 2.43. The van der Waals surface area contributed by atoms with Crippen molar-refractivity contribution in [3.8, 4) is 0 Å². The molecule has 0 aliphatic carbocycles. The highest BCUT2D eigenvalue weighted by Gasteiger charge is 2.09. The minimum absolute atomic E-state index is 0.0220. The molecule has 0 aliphatic rings. The zero-order chi connectivity index (χ0) is 12.8. The van der Waals surface area contributed by atoms with Gasteiger partial charge in [0.1, 0.15) is 0 Å². The first-order chi connectivity index (χ1) is 8.10. The zero-order valence-corrected chi connectivity index (χ0v) is 9.99. The molecule has 0 fully saturated rings. The number of carboxylic acids is 1. The maximum absolute atomic E-state index is 11.6. The molecule has 1 aromatic carbocycles. The number of carbonyl (C=O) groups excluding carboxylic acids is 2. The van der Waals surface area contributed by atoms with E-state index >= 15 is 0 Å². The molecule has 0 heterocycles. The molecule has 17 heavy (non-hydrogen) atoms. The molecule has 0 saturated heterocycles. The summed E-state index contributed by atoms with van der Waals surface area (Å²) < 4.78 is 4.89. The average molecular weight is 235 g/mol. The van der Waals surface area contributed by atoms with E-state index in [2.05, 4.69) is 0 Å². The van der Waals surface area contributed by atoms with Crippen molar-refractivity contribution < 1.29 is 19.4 Å². The second-order valence-electron chi connectivity index (χ2n) is 3.77. The van der Waals surface area contributed by atoms with E-state index in [0.29, 0.717) is 17.5 Å². The van der Waals surface area contributed by atoms with E-state index in [4.69, 9.17) is 4.74 Å². The van der Waals surface area contributed by atoms with E-state index in [1.807, 2.05) is 6.92 Å². The minimum Gasteiger partial charge on any atom is -0.545 e. The van der Waals surface area contributed by atoms with Gasteiger partial charge in [-0.25, -0.2) is 0 Å². The van der Waals surface area contributed by atoms with Crippen LogP contribution in [0.1, 0.15) is 46.0 Å². The van der Waals surface area contributed by atoms with Crippen molar-refractivity contribution in [2.45, 2.75) is 26.4 Å². The maximum atomic E-state index is 11.6. The Morgan fingerprint density at radius 1 is 1.35 bits per heavy atom. The van der Waals surface area contributed by atoms with Gasteiger partial charge in [0.05, 0.1) is 12.6 Å². The number of ether oxygens (including phenoxy) is 1. The summed E-state index contributed by atoms with van der Waals surface area (Å²) in [6.07, 6.45) is 1.15. The molecule has 0 atom stereocenters. The molecule has 4 nitrogen and oxygen atoms in total. The molecule has 0 amide bonds. The van der Waals surface area contributed by atoms with Crippen LogP contribution in [0.4, 0.5) is 0 Å². The molecule has 0 aromatic heterocycles. The predicted octanol–water partition coefficient (Wildman–Crippen LogP) is 1.18. The summed E-state index contributed by atoms with van der Waals surface area (Å²) in [4.78, 5) is 22.6. The van der Waals surface area contributed by atoms with Crippen LogP contribution in [0.2, 0.25) is 0 Å². The number of benzene rings is 1. The molecule has 0 unspecified atom stereocenters. The van der Waals surface area contributed by atoms with Crippen molar-refractivity contribution in [2.24, 2.45) is 0 Å². The Morgan fingerprint density at radius 2 is 2.06 bits per heavy atom. The summed E-state index contributed by atoms with van der Waals surface area (Å²) >= 11 is 0. The number of hydrogen-bond acceptors (Lipinski definition) is 4. The number of ketones is 1. The van der Waals surface area contributed by atoms with Crippen molar-refractivity contribution in [2.75, 3.05) is 7.11 Å². The summed E-state index contributed by atoms with van der Waals surface area (Å²) in [5.74, 6) is -1.35. The van der Waals surface area contributed by atoms with Gasteiger partial charge in [0.25, 0.3) is 0 Å². The predicted molar refractivity (Wildman–Crippen MR) is 60.7 cm³/mol. The molecule has 92 valence electrons. The van der Waals surface area contributed by atoms with Crippen molar-refractivity contribution in [3.63, 3.8) is 0 Å². The quantitative estimate of drug-likeness (QED) is 0.694. The van der Waals surface area contributed by atoms with Crippen LogP contribution in [-0.4, -0.2) is 18.9 Å². The molecule has 0 N–H and O–H groups in total. The van der Waals surface area contributed by atoms with Gasteiger partial charge in [-0.3, -0.25) is 4.79 Å². The first-order valence-corrected chi connectivity index (χ1v) is 5.46. The Bertz CT molecular complexity index is 423. The van der Waals surface area contributed by atoms with Gasteiger partial charge in [0, 0.05) is 24.7 Å². The molecule has 0 saturated carbocycles. The van der Waals surface area contributed by atoms with Crippen LogP contribution in [0.3, 0.4) is 0 Å². The molecular formula is C13H15O4-. The lowest BCUT2D eigenvalue weighted by molar-refractivity contribution is -0.255. The summed E-state index contributed by atoms with van der Waals surface area (Å²) in [5, 5.41) is 11.0. The molecule has 1 aromatic rings. The lowest BCUT2D eigenvalue weighted by Crippen LogP contribution is -2.24. The highest BCUT2D eigenvalue weighted by molar-refractivity contribution is 5.99. The van der Waals surface area contributed by atoms with E-state index in [1.165, 1.54) is 13.2 Å². The van der Waals surface area contributed by atoms with Crippen LogP contribution in [-0.2, 0) is 11.3 Å².